The van der Waals surface area contributed by atoms with Crippen LogP contribution in [0, 0.1) is 0 Å². The number of rotatable bonds is 2. The summed E-state index contributed by atoms with van der Waals surface area (Å²) in [5.74, 6) is 1.37. The first-order chi connectivity index (χ1) is 11.6. The van der Waals surface area contributed by atoms with Crippen molar-refractivity contribution < 1.29 is 19.4 Å². The van der Waals surface area contributed by atoms with Crippen LogP contribution in [0.15, 0.2) is 24.3 Å². The van der Waals surface area contributed by atoms with Gasteiger partial charge in [0.25, 0.3) is 0 Å². The molecular formula is C18H20ClNO4. The first-order valence-electron chi connectivity index (χ1n) is 8.17. The number of aliphatic hydroxyl groups is 1. The number of methoxy groups -OCH3 is 1. The van der Waals surface area contributed by atoms with Gasteiger partial charge >= 0.3 is 0 Å². The molecule has 1 aromatic rings. The molecule has 0 saturated carbocycles. The van der Waals surface area contributed by atoms with Gasteiger partial charge in [0.05, 0.1) is 18.6 Å². The van der Waals surface area contributed by atoms with E-state index in [0.717, 1.165) is 23.3 Å². The average Bonchev–Trinajstić information content (AvgIpc) is 2.82. The van der Waals surface area contributed by atoms with Gasteiger partial charge in [-0.15, -0.1) is 11.6 Å². The number of alkyl halides is 1. The number of carbonyl (C=O) groups is 1. The third-order valence-corrected chi connectivity index (χ3v) is 5.65. The molecule has 1 amide bonds. The molecule has 128 valence electrons. The van der Waals surface area contributed by atoms with Gasteiger partial charge in [0.1, 0.15) is 12.0 Å². The monoisotopic (exact) mass is 349 g/mol. The van der Waals surface area contributed by atoms with Crippen LogP contribution >= 0.6 is 11.6 Å². The molecule has 1 aliphatic carbocycles. The Morgan fingerprint density at radius 1 is 1.54 bits per heavy atom. The second-order valence-electron chi connectivity index (χ2n) is 6.64. The fourth-order valence-corrected chi connectivity index (χ4v) is 4.40. The van der Waals surface area contributed by atoms with Gasteiger partial charge in [-0.1, -0.05) is 18.2 Å². The van der Waals surface area contributed by atoms with E-state index < -0.39 is 6.10 Å². The molecule has 2 unspecified atom stereocenters. The van der Waals surface area contributed by atoms with Crippen molar-refractivity contribution in [1.29, 1.82) is 0 Å². The Balaban J connectivity index is 1.88. The van der Waals surface area contributed by atoms with E-state index in [1.807, 2.05) is 18.2 Å². The van der Waals surface area contributed by atoms with Crippen molar-refractivity contribution in [2.45, 2.75) is 37.0 Å². The molecule has 0 fully saturated rings. The smallest absolute Gasteiger partial charge is 0.237 e. The van der Waals surface area contributed by atoms with Crippen LogP contribution in [0.4, 0.5) is 0 Å². The number of nitrogens with zero attached hydrogens (tertiary/aromatic N) is 1. The Bertz CT molecular complexity index is 719. The lowest BCUT2D eigenvalue weighted by atomic mass is 9.69. The highest BCUT2D eigenvalue weighted by molar-refractivity contribution is 6.27. The van der Waals surface area contributed by atoms with Crippen molar-refractivity contribution in [3.05, 3.63) is 35.4 Å². The predicted molar refractivity (Wildman–Crippen MR) is 89.6 cm³/mol. The summed E-state index contributed by atoms with van der Waals surface area (Å²) in [4.78, 5) is 14.0. The Kier molecular flexibility index (Phi) is 3.73. The van der Waals surface area contributed by atoms with Crippen LogP contribution in [0.3, 0.4) is 0 Å². The summed E-state index contributed by atoms with van der Waals surface area (Å²) in [6.45, 7) is 1.13. The average molecular weight is 350 g/mol. The van der Waals surface area contributed by atoms with E-state index in [1.165, 1.54) is 0 Å². The zero-order valence-corrected chi connectivity index (χ0v) is 14.3. The maximum atomic E-state index is 12.2. The van der Waals surface area contributed by atoms with Gasteiger partial charge in [-0.2, -0.15) is 0 Å². The van der Waals surface area contributed by atoms with Crippen molar-refractivity contribution in [2.75, 3.05) is 19.5 Å². The Morgan fingerprint density at radius 2 is 2.38 bits per heavy atom. The number of benzene rings is 1. The maximum absolute atomic E-state index is 12.2. The van der Waals surface area contributed by atoms with Crippen molar-refractivity contribution in [1.82, 2.24) is 4.90 Å². The molecular weight excluding hydrogens is 330 g/mol. The fourth-order valence-electron chi connectivity index (χ4n) is 4.23. The van der Waals surface area contributed by atoms with E-state index in [-0.39, 0.29) is 23.3 Å². The number of halogens is 1. The zero-order valence-electron chi connectivity index (χ0n) is 13.5. The molecule has 5 nitrogen and oxygen atoms in total. The summed E-state index contributed by atoms with van der Waals surface area (Å²) in [5.41, 5.74) is 1.84. The molecule has 1 N–H and O–H groups in total. The van der Waals surface area contributed by atoms with E-state index >= 15 is 0 Å². The fraction of sp³-hybridized carbons (Fsp3) is 0.500. The maximum Gasteiger partial charge on any atom is 0.237 e. The van der Waals surface area contributed by atoms with Gasteiger partial charge in [-0.05, 0) is 18.1 Å². The minimum absolute atomic E-state index is 0.0141. The van der Waals surface area contributed by atoms with Crippen LogP contribution in [0.5, 0.6) is 11.5 Å². The van der Waals surface area contributed by atoms with Crippen LogP contribution < -0.4 is 9.47 Å². The Labute approximate surface area is 145 Å². The van der Waals surface area contributed by atoms with E-state index in [9.17, 15) is 9.90 Å². The molecule has 1 spiro atoms. The second kappa shape index (κ2) is 5.67. The lowest BCUT2D eigenvalue weighted by Gasteiger charge is -2.35. The molecule has 2 heterocycles. The highest BCUT2D eigenvalue weighted by Gasteiger charge is 2.53. The highest BCUT2D eigenvalue weighted by Crippen LogP contribution is 2.55. The standard InChI is InChI=1S/C18H20ClNO4/c1-23-13-3-2-11-10-20(15(22)9-19)7-6-18-5-4-12(21)8-14(18)24-17(13)16(11)18/h2-5,12,14,21H,6-10H2,1H3/t12-,14?,18?/m0/s1. The summed E-state index contributed by atoms with van der Waals surface area (Å²) in [6.07, 6.45) is 4.54. The third kappa shape index (κ3) is 2.15. The summed E-state index contributed by atoms with van der Waals surface area (Å²) in [7, 11) is 1.63. The minimum atomic E-state index is -0.506. The van der Waals surface area contributed by atoms with E-state index in [4.69, 9.17) is 21.1 Å². The van der Waals surface area contributed by atoms with Gasteiger partial charge in [0.2, 0.25) is 5.91 Å². The highest BCUT2D eigenvalue weighted by atomic mass is 35.5. The predicted octanol–water partition coefficient (Wildman–Crippen LogP) is 1.99. The van der Waals surface area contributed by atoms with Gasteiger partial charge in [-0.3, -0.25) is 4.79 Å². The van der Waals surface area contributed by atoms with Gasteiger partial charge in [0.15, 0.2) is 11.5 Å². The number of hydrogen-bond donors (Lipinski definition) is 1. The number of aliphatic hydroxyl groups excluding tert-OH is 1. The quantitative estimate of drug-likeness (QED) is 0.655. The Hall–Kier alpha value is -1.72. The summed E-state index contributed by atoms with van der Waals surface area (Å²) in [6, 6.07) is 3.89. The lowest BCUT2D eigenvalue weighted by Crippen LogP contribution is -2.43. The van der Waals surface area contributed by atoms with Crippen LogP contribution in [0.2, 0.25) is 0 Å². The molecule has 3 aliphatic rings. The molecule has 6 heteroatoms. The lowest BCUT2D eigenvalue weighted by molar-refractivity contribution is -0.129. The number of carbonyl (C=O) groups excluding carboxylic acids is 1. The molecule has 2 aliphatic heterocycles. The zero-order chi connectivity index (χ0) is 16.9. The first-order valence-corrected chi connectivity index (χ1v) is 8.70. The second-order valence-corrected chi connectivity index (χ2v) is 6.91. The van der Waals surface area contributed by atoms with Crippen molar-refractivity contribution >= 4 is 17.5 Å². The molecule has 1 aromatic carbocycles. The summed E-state index contributed by atoms with van der Waals surface area (Å²) >= 11 is 5.77. The van der Waals surface area contributed by atoms with E-state index in [2.05, 4.69) is 6.08 Å². The molecule has 0 aromatic heterocycles. The van der Waals surface area contributed by atoms with Crippen LogP contribution in [0.25, 0.3) is 0 Å². The van der Waals surface area contributed by atoms with Gasteiger partial charge < -0.3 is 19.5 Å². The minimum Gasteiger partial charge on any atom is -0.493 e. The SMILES string of the molecule is COc1ccc2c3c1OC1C[C@@H](O)C=CC31CCN(C(=O)CCl)C2. The molecule has 4 rings (SSSR count). The van der Waals surface area contributed by atoms with Crippen LogP contribution in [0.1, 0.15) is 24.0 Å². The van der Waals surface area contributed by atoms with E-state index in [0.29, 0.717) is 25.3 Å². The molecule has 3 atom stereocenters. The topological polar surface area (TPSA) is 59.0 Å². The van der Waals surface area contributed by atoms with Gasteiger partial charge in [-0.25, -0.2) is 0 Å². The molecule has 0 radical (unpaired) electrons. The summed E-state index contributed by atoms with van der Waals surface area (Å²) in [5, 5.41) is 10.0. The third-order valence-electron chi connectivity index (χ3n) is 5.42. The number of amides is 1. The number of hydrogen-bond acceptors (Lipinski definition) is 4. The van der Waals surface area contributed by atoms with Crippen molar-refractivity contribution in [2.24, 2.45) is 0 Å². The first kappa shape index (κ1) is 15.8. The molecule has 0 bridgehead atoms. The molecule has 24 heavy (non-hydrogen) atoms. The van der Waals surface area contributed by atoms with Crippen LogP contribution in [-0.4, -0.2) is 47.7 Å². The Morgan fingerprint density at radius 3 is 3.12 bits per heavy atom. The summed E-state index contributed by atoms with van der Waals surface area (Å²) < 4.78 is 11.7. The van der Waals surface area contributed by atoms with Gasteiger partial charge in [0, 0.05) is 25.1 Å². The molecule has 0 saturated heterocycles. The van der Waals surface area contributed by atoms with Crippen molar-refractivity contribution in [3.8, 4) is 11.5 Å². The van der Waals surface area contributed by atoms with E-state index in [1.54, 1.807) is 12.0 Å². The van der Waals surface area contributed by atoms with Crippen molar-refractivity contribution in [3.63, 3.8) is 0 Å². The normalized spacial score (nSPS) is 30.2. The van der Waals surface area contributed by atoms with Crippen LogP contribution in [-0.2, 0) is 16.8 Å². The number of ether oxygens (including phenoxy) is 2. The largest absolute Gasteiger partial charge is 0.493 e.